The van der Waals surface area contributed by atoms with Crippen molar-refractivity contribution in [1.82, 2.24) is 0 Å². The standard InChI is InChI=1S/C14H11F4NO2/c1-2-3-4-8-13(14(16,17)18)11-9(15)6-5-7-10(11)19-12(20)21-13/h5-7H,2-3H2,1H3,(H,19,20). The lowest BCUT2D eigenvalue weighted by molar-refractivity contribution is -0.240. The molecule has 1 atom stereocenters. The van der Waals surface area contributed by atoms with Crippen LogP contribution in [0.25, 0.3) is 0 Å². The van der Waals surface area contributed by atoms with E-state index in [9.17, 15) is 22.4 Å². The van der Waals surface area contributed by atoms with Gasteiger partial charge in [0.25, 0.3) is 5.60 Å². The number of hydrogen-bond donors (Lipinski definition) is 1. The summed E-state index contributed by atoms with van der Waals surface area (Å²) in [5, 5.41) is 2.05. The highest BCUT2D eigenvalue weighted by Crippen LogP contribution is 2.48. The second-order valence-corrected chi connectivity index (χ2v) is 4.41. The molecule has 1 heterocycles. The molecule has 1 N–H and O–H groups in total. The fourth-order valence-corrected chi connectivity index (χ4v) is 1.98. The van der Waals surface area contributed by atoms with Crippen LogP contribution in [0.15, 0.2) is 18.2 Å². The summed E-state index contributed by atoms with van der Waals surface area (Å²) in [6.07, 6.45) is -5.69. The summed E-state index contributed by atoms with van der Waals surface area (Å²) in [5.41, 5.74) is -4.40. The molecule has 1 aromatic rings. The van der Waals surface area contributed by atoms with Gasteiger partial charge in [-0.15, -0.1) is 0 Å². The van der Waals surface area contributed by atoms with Gasteiger partial charge in [-0.1, -0.05) is 18.9 Å². The van der Waals surface area contributed by atoms with E-state index in [1.54, 1.807) is 6.92 Å². The van der Waals surface area contributed by atoms with Crippen LogP contribution in [0.1, 0.15) is 25.3 Å². The number of anilines is 1. The summed E-state index contributed by atoms with van der Waals surface area (Å²) < 4.78 is 58.8. The fraction of sp³-hybridized carbons (Fsp3) is 0.357. The number of halogens is 4. The molecule has 7 heteroatoms. The van der Waals surface area contributed by atoms with Crippen molar-refractivity contribution in [1.29, 1.82) is 0 Å². The van der Waals surface area contributed by atoms with E-state index < -0.39 is 29.3 Å². The van der Waals surface area contributed by atoms with E-state index in [1.807, 2.05) is 11.2 Å². The summed E-state index contributed by atoms with van der Waals surface area (Å²) in [7, 11) is 0. The van der Waals surface area contributed by atoms with E-state index in [0.29, 0.717) is 6.42 Å². The molecule has 0 saturated carbocycles. The van der Waals surface area contributed by atoms with Crippen molar-refractivity contribution in [3.05, 3.63) is 29.6 Å². The second kappa shape index (κ2) is 5.28. The highest BCUT2D eigenvalue weighted by molar-refractivity contribution is 5.89. The summed E-state index contributed by atoms with van der Waals surface area (Å²) in [5.74, 6) is 3.06. The van der Waals surface area contributed by atoms with Crippen LogP contribution in [0.4, 0.5) is 28.0 Å². The first-order chi connectivity index (χ1) is 9.82. The van der Waals surface area contributed by atoms with Crippen LogP contribution in [0.2, 0.25) is 0 Å². The van der Waals surface area contributed by atoms with Crippen LogP contribution in [0.3, 0.4) is 0 Å². The predicted molar refractivity (Wildman–Crippen MR) is 66.9 cm³/mol. The van der Waals surface area contributed by atoms with Crippen molar-refractivity contribution >= 4 is 11.8 Å². The average molecular weight is 301 g/mol. The van der Waals surface area contributed by atoms with Crippen molar-refractivity contribution < 1.29 is 27.1 Å². The Morgan fingerprint density at radius 3 is 2.71 bits per heavy atom. The minimum Gasteiger partial charge on any atom is -0.415 e. The van der Waals surface area contributed by atoms with Gasteiger partial charge in [0, 0.05) is 6.42 Å². The summed E-state index contributed by atoms with van der Waals surface area (Å²) in [4.78, 5) is 11.4. The Bertz CT molecular complexity index is 630. The molecule has 0 bridgehead atoms. The van der Waals surface area contributed by atoms with Gasteiger partial charge in [-0.3, -0.25) is 5.32 Å². The Hall–Kier alpha value is -2.23. The summed E-state index contributed by atoms with van der Waals surface area (Å²) in [6, 6.07) is 3.23. The van der Waals surface area contributed by atoms with Gasteiger partial charge < -0.3 is 4.74 Å². The molecule has 1 unspecified atom stereocenters. The monoisotopic (exact) mass is 301 g/mol. The third kappa shape index (κ3) is 2.53. The molecule has 112 valence electrons. The Morgan fingerprint density at radius 2 is 2.10 bits per heavy atom. The number of alkyl halides is 3. The van der Waals surface area contributed by atoms with Crippen molar-refractivity contribution in [2.75, 3.05) is 5.32 Å². The lowest BCUT2D eigenvalue weighted by Crippen LogP contribution is -2.50. The number of hydrogen-bond acceptors (Lipinski definition) is 2. The number of nitrogens with one attached hydrogen (secondary N) is 1. The predicted octanol–water partition coefficient (Wildman–Crippen LogP) is 3.95. The molecule has 0 radical (unpaired) electrons. The van der Waals surface area contributed by atoms with Gasteiger partial charge in [-0.2, -0.15) is 13.2 Å². The molecule has 1 aliphatic rings. The van der Waals surface area contributed by atoms with Gasteiger partial charge in [0.2, 0.25) is 0 Å². The van der Waals surface area contributed by atoms with Gasteiger partial charge in [0.05, 0.1) is 11.3 Å². The van der Waals surface area contributed by atoms with Crippen molar-refractivity contribution in [2.45, 2.75) is 31.5 Å². The van der Waals surface area contributed by atoms with Gasteiger partial charge in [0.15, 0.2) is 0 Å². The number of carbonyl (C=O) groups is 1. The molecule has 0 aliphatic carbocycles. The third-order valence-electron chi connectivity index (χ3n) is 2.89. The molecule has 0 saturated heterocycles. The van der Waals surface area contributed by atoms with E-state index in [-0.39, 0.29) is 12.1 Å². The van der Waals surface area contributed by atoms with Gasteiger partial charge in [-0.25, -0.2) is 9.18 Å². The minimum atomic E-state index is -5.07. The smallest absolute Gasteiger partial charge is 0.415 e. The second-order valence-electron chi connectivity index (χ2n) is 4.41. The maximum absolute atomic E-state index is 13.9. The SMILES string of the molecule is CCCC#CC1(C(F)(F)F)OC(=O)Nc2cccc(F)c21. The van der Waals surface area contributed by atoms with Crippen LogP contribution in [-0.4, -0.2) is 12.3 Å². The largest absolute Gasteiger partial charge is 0.445 e. The maximum atomic E-state index is 13.9. The van der Waals surface area contributed by atoms with Crippen LogP contribution in [-0.2, 0) is 10.3 Å². The Labute approximate surface area is 118 Å². The van der Waals surface area contributed by atoms with Crippen molar-refractivity contribution in [3.63, 3.8) is 0 Å². The highest BCUT2D eigenvalue weighted by atomic mass is 19.4. The zero-order valence-electron chi connectivity index (χ0n) is 11.0. The molecule has 1 amide bonds. The van der Waals surface area contributed by atoms with Crippen LogP contribution >= 0.6 is 0 Å². The van der Waals surface area contributed by atoms with E-state index in [1.165, 1.54) is 12.1 Å². The van der Waals surface area contributed by atoms with Crippen LogP contribution in [0, 0.1) is 17.7 Å². The van der Waals surface area contributed by atoms with E-state index >= 15 is 0 Å². The molecule has 1 aliphatic heterocycles. The lowest BCUT2D eigenvalue weighted by Gasteiger charge is -2.35. The van der Waals surface area contributed by atoms with Crippen molar-refractivity contribution in [3.8, 4) is 11.8 Å². The first-order valence-electron chi connectivity index (χ1n) is 6.17. The summed E-state index contributed by atoms with van der Waals surface area (Å²) >= 11 is 0. The van der Waals surface area contributed by atoms with E-state index in [2.05, 4.69) is 10.7 Å². The molecule has 0 spiro atoms. The van der Waals surface area contributed by atoms with Crippen LogP contribution in [0.5, 0.6) is 0 Å². The number of rotatable bonds is 1. The lowest BCUT2D eigenvalue weighted by atomic mass is 9.89. The van der Waals surface area contributed by atoms with Crippen molar-refractivity contribution in [2.24, 2.45) is 0 Å². The zero-order chi connectivity index (χ0) is 15.7. The third-order valence-corrected chi connectivity index (χ3v) is 2.89. The van der Waals surface area contributed by atoms with Crippen LogP contribution < -0.4 is 5.32 Å². The normalized spacial score (nSPS) is 20.7. The number of ether oxygens (including phenoxy) is 1. The Kier molecular flexibility index (Phi) is 3.81. The highest BCUT2D eigenvalue weighted by Gasteiger charge is 2.63. The minimum absolute atomic E-state index is 0.173. The average Bonchev–Trinajstić information content (AvgIpc) is 2.37. The molecule has 21 heavy (non-hydrogen) atoms. The van der Waals surface area contributed by atoms with E-state index in [4.69, 9.17) is 0 Å². The number of fused-ring (bicyclic) bond motifs is 1. The quantitative estimate of drug-likeness (QED) is 0.630. The Morgan fingerprint density at radius 1 is 1.38 bits per heavy atom. The van der Waals surface area contributed by atoms with Gasteiger partial charge in [-0.05, 0) is 24.5 Å². The van der Waals surface area contributed by atoms with Gasteiger partial charge >= 0.3 is 12.3 Å². The van der Waals surface area contributed by atoms with E-state index in [0.717, 1.165) is 6.07 Å². The maximum Gasteiger partial charge on any atom is 0.445 e. The number of amides is 1. The zero-order valence-corrected chi connectivity index (χ0v) is 11.0. The van der Waals surface area contributed by atoms with Gasteiger partial charge in [0.1, 0.15) is 5.82 Å². The number of cyclic esters (lactones) is 1. The molecule has 1 aromatic carbocycles. The molecular formula is C14H11F4NO2. The first-order valence-corrected chi connectivity index (χ1v) is 6.17. The molecular weight excluding hydrogens is 290 g/mol. The Balaban J connectivity index is 2.72. The summed E-state index contributed by atoms with van der Waals surface area (Å²) in [6.45, 7) is 1.73. The number of unbranched alkanes of at least 4 members (excludes halogenated alkanes) is 1. The molecule has 0 aromatic heterocycles. The molecule has 2 rings (SSSR count). The number of carbonyl (C=O) groups excluding carboxylic acids is 1. The molecule has 3 nitrogen and oxygen atoms in total. The fourth-order valence-electron chi connectivity index (χ4n) is 1.98. The molecule has 0 fully saturated rings. The first kappa shape index (κ1) is 15.2. The topological polar surface area (TPSA) is 38.3 Å². The number of benzene rings is 1.